The van der Waals surface area contributed by atoms with Gasteiger partial charge in [0.05, 0.1) is 37.8 Å². The van der Waals surface area contributed by atoms with Crippen molar-refractivity contribution in [2.45, 2.75) is 239 Å². The topological polar surface area (TPSA) is 109 Å². The van der Waals surface area contributed by atoms with Gasteiger partial charge in [-0.15, -0.1) is 0 Å². The maximum atomic E-state index is 13.1. The monoisotopic (exact) mass is 862 g/mol. The Kier molecular flexibility index (Phi) is 39.7. The molecule has 356 valence electrons. The fourth-order valence-electron chi connectivity index (χ4n) is 8.00. The number of esters is 3. The average molecular weight is 862 g/mol. The smallest absolute Gasteiger partial charge is 0.309 e. The molecule has 0 aliphatic heterocycles. The summed E-state index contributed by atoms with van der Waals surface area (Å²) in [6.45, 7) is 12.3. The van der Waals surface area contributed by atoms with E-state index >= 15 is 0 Å². The average Bonchev–Trinajstić information content (AvgIpc) is 3.79. The quantitative estimate of drug-likeness (QED) is 0.0359. The molecule has 0 N–H and O–H groups in total. The van der Waals surface area contributed by atoms with Crippen LogP contribution in [0.25, 0.3) is 0 Å². The number of ether oxygens (including phenoxy) is 4. The number of imidazole rings is 1. The molecule has 0 bridgehead atoms. The summed E-state index contributed by atoms with van der Waals surface area (Å²) in [5.41, 5.74) is 0. The first kappa shape index (κ1) is 56.6. The van der Waals surface area contributed by atoms with Crippen molar-refractivity contribution in [1.29, 1.82) is 0 Å². The molecular weight excluding hydrogens is 767 g/mol. The predicted molar refractivity (Wildman–Crippen MR) is 251 cm³/mol. The summed E-state index contributed by atoms with van der Waals surface area (Å²) < 4.78 is 25.1. The molecule has 0 aliphatic carbocycles. The Balaban J connectivity index is 2.52. The van der Waals surface area contributed by atoms with Crippen molar-refractivity contribution in [2.24, 2.45) is 5.92 Å². The van der Waals surface area contributed by atoms with E-state index in [2.05, 4.69) is 37.6 Å². The second kappa shape index (κ2) is 42.8. The summed E-state index contributed by atoms with van der Waals surface area (Å²) in [6, 6.07) is 0. The highest BCUT2D eigenvalue weighted by Crippen LogP contribution is 2.21. The van der Waals surface area contributed by atoms with E-state index in [9.17, 15) is 14.4 Å². The van der Waals surface area contributed by atoms with Crippen LogP contribution < -0.4 is 0 Å². The number of hydrogen-bond acceptors (Lipinski definition) is 9. The lowest BCUT2D eigenvalue weighted by molar-refractivity contribution is -0.155. The van der Waals surface area contributed by atoms with Crippen LogP contribution in [0.4, 0.5) is 0 Å². The Morgan fingerprint density at radius 3 is 1.39 bits per heavy atom. The van der Waals surface area contributed by atoms with Crippen molar-refractivity contribution >= 4 is 17.9 Å². The zero-order valence-corrected chi connectivity index (χ0v) is 40.2. The minimum atomic E-state index is -0.331. The van der Waals surface area contributed by atoms with Gasteiger partial charge in [-0.25, -0.2) is 4.98 Å². The highest BCUT2D eigenvalue weighted by atomic mass is 16.6. The van der Waals surface area contributed by atoms with Gasteiger partial charge in [0.1, 0.15) is 19.8 Å². The van der Waals surface area contributed by atoms with Crippen LogP contribution in [0, 0.1) is 5.92 Å². The highest BCUT2D eigenvalue weighted by Gasteiger charge is 2.20. The molecule has 0 radical (unpaired) electrons. The zero-order chi connectivity index (χ0) is 44.3. The van der Waals surface area contributed by atoms with Crippen molar-refractivity contribution < 1.29 is 33.3 Å². The van der Waals surface area contributed by atoms with Gasteiger partial charge in [-0.1, -0.05) is 182 Å². The molecule has 10 nitrogen and oxygen atoms in total. The zero-order valence-electron chi connectivity index (χ0n) is 40.2. The van der Waals surface area contributed by atoms with Gasteiger partial charge in [0.2, 0.25) is 0 Å². The number of hydrogen-bond donors (Lipinski definition) is 0. The van der Waals surface area contributed by atoms with Crippen molar-refractivity contribution in [3.63, 3.8) is 0 Å². The van der Waals surface area contributed by atoms with Crippen LogP contribution in [-0.2, 0) is 39.9 Å². The number of carbonyl (C=O) groups is 3. The van der Waals surface area contributed by atoms with Crippen LogP contribution >= 0.6 is 0 Å². The van der Waals surface area contributed by atoms with E-state index in [1.54, 1.807) is 12.5 Å². The molecule has 0 fully saturated rings. The molecule has 0 aromatic carbocycles. The molecule has 1 aromatic rings. The van der Waals surface area contributed by atoms with Crippen LogP contribution in [0.3, 0.4) is 0 Å². The molecule has 0 unspecified atom stereocenters. The Bertz CT molecular complexity index is 1090. The van der Waals surface area contributed by atoms with Crippen LogP contribution in [0.5, 0.6) is 0 Å². The molecule has 1 aromatic heterocycles. The Morgan fingerprint density at radius 1 is 0.508 bits per heavy atom. The van der Waals surface area contributed by atoms with Crippen LogP contribution in [0.1, 0.15) is 227 Å². The van der Waals surface area contributed by atoms with Crippen molar-refractivity contribution in [2.75, 3.05) is 46.1 Å². The fraction of sp³-hybridized carbons (Fsp3) is 0.882. The standard InChI is InChI=1S/C51H95N3O7/c1-5-9-13-17-21-25-30-47(31-26-22-18-14-10-6-2)51(57)61-45-44-60-50(56)35-40-53(37-29-38-54-41-36-52-46-54)39-34-49(55)59-43-42-58-48(32-27-23-19-15-11-7-3)33-28-24-20-16-12-8-4/h36,41,46-48H,5-35,37-40,42-45H2,1-4H3. The van der Waals surface area contributed by atoms with Crippen molar-refractivity contribution in [3.05, 3.63) is 18.7 Å². The lowest BCUT2D eigenvalue weighted by Gasteiger charge is -2.22. The molecular formula is C51H95N3O7. The van der Waals surface area contributed by atoms with E-state index < -0.39 is 0 Å². The van der Waals surface area contributed by atoms with Crippen molar-refractivity contribution in [1.82, 2.24) is 14.5 Å². The molecule has 0 spiro atoms. The van der Waals surface area contributed by atoms with Gasteiger partial charge in [0, 0.05) is 32.0 Å². The third-order valence-electron chi connectivity index (χ3n) is 11.9. The number of carbonyl (C=O) groups excluding carboxylic acids is 3. The number of aryl methyl sites for hydroxylation is 1. The largest absolute Gasteiger partial charge is 0.463 e. The van der Waals surface area contributed by atoms with Gasteiger partial charge in [0.25, 0.3) is 0 Å². The van der Waals surface area contributed by atoms with Gasteiger partial charge in [-0.3, -0.25) is 14.4 Å². The first-order chi connectivity index (χ1) is 29.9. The molecule has 1 rings (SSSR count). The third-order valence-corrected chi connectivity index (χ3v) is 11.9. The fourth-order valence-corrected chi connectivity index (χ4v) is 8.00. The summed E-state index contributed by atoms with van der Waals surface area (Å²) in [6.07, 6.45) is 40.6. The van der Waals surface area contributed by atoms with Crippen LogP contribution in [0.15, 0.2) is 18.7 Å². The minimum absolute atomic E-state index is 0.0547. The molecule has 0 saturated heterocycles. The Morgan fingerprint density at radius 2 is 0.934 bits per heavy atom. The number of rotatable bonds is 46. The van der Waals surface area contributed by atoms with E-state index in [4.69, 9.17) is 18.9 Å². The van der Waals surface area contributed by atoms with Gasteiger partial charge >= 0.3 is 17.9 Å². The molecule has 0 amide bonds. The van der Waals surface area contributed by atoms with Crippen molar-refractivity contribution in [3.8, 4) is 0 Å². The molecule has 0 atom stereocenters. The van der Waals surface area contributed by atoms with Gasteiger partial charge < -0.3 is 28.4 Å². The lowest BCUT2D eigenvalue weighted by Crippen LogP contribution is -2.31. The minimum Gasteiger partial charge on any atom is -0.463 e. The first-order valence-electron chi connectivity index (χ1n) is 25.7. The number of unbranched alkanes of at least 4 members (excludes halogenated alkanes) is 20. The first-order valence-corrected chi connectivity index (χ1v) is 25.7. The summed E-state index contributed by atoms with van der Waals surface area (Å²) in [7, 11) is 0. The lowest BCUT2D eigenvalue weighted by atomic mass is 9.94. The van der Waals surface area contributed by atoms with E-state index in [-0.39, 0.29) is 62.6 Å². The maximum Gasteiger partial charge on any atom is 0.309 e. The number of nitrogens with zero attached hydrogens (tertiary/aromatic N) is 3. The third kappa shape index (κ3) is 35.7. The molecule has 61 heavy (non-hydrogen) atoms. The molecule has 0 saturated carbocycles. The van der Waals surface area contributed by atoms with Crippen LogP contribution in [-0.4, -0.2) is 84.5 Å². The van der Waals surface area contributed by atoms with Gasteiger partial charge in [-0.05, 0) is 38.6 Å². The summed E-state index contributed by atoms with van der Waals surface area (Å²) >= 11 is 0. The normalized spacial score (nSPS) is 11.6. The van der Waals surface area contributed by atoms with E-state index in [0.29, 0.717) is 19.7 Å². The maximum absolute atomic E-state index is 13.1. The highest BCUT2D eigenvalue weighted by molar-refractivity contribution is 5.72. The van der Waals surface area contributed by atoms with E-state index in [1.165, 1.54) is 128 Å². The molecule has 10 heteroatoms. The SMILES string of the molecule is CCCCCCCCC(CCCCCCCC)OCCOC(=O)CCN(CCCn1ccnc1)CCC(=O)OCCOC(=O)C(CCCCCCCC)CCCCCCCC. The second-order valence-corrected chi connectivity index (χ2v) is 17.5. The molecule has 0 aliphatic rings. The Hall–Kier alpha value is -2.46. The predicted octanol–water partition coefficient (Wildman–Crippen LogP) is 13.0. The van der Waals surface area contributed by atoms with E-state index in [1.807, 2.05) is 10.8 Å². The summed E-state index contributed by atoms with van der Waals surface area (Å²) in [4.78, 5) is 45.0. The Labute approximate surface area is 374 Å². The number of aromatic nitrogens is 2. The summed E-state index contributed by atoms with van der Waals surface area (Å²) in [5, 5.41) is 0. The van der Waals surface area contributed by atoms with Gasteiger partial charge in [0.15, 0.2) is 0 Å². The van der Waals surface area contributed by atoms with E-state index in [0.717, 1.165) is 70.9 Å². The molecule has 1 heterocycles. The van der Waals surface area contributed by atoms with Crippen LogP contribution in [0.2, 0.25) is 0 Å². The van der Waals surface area contributed by atoms with Gasteiger partial charge in [-0.2, -0.15) is 0 Å². The second-order valence-electron chi connectivity index (χ2n) is 17.5. The summed E-state index contributed by atoms with van der Waals surface area (Å²) in [5.74, 6) is -0.809.